The second-order valence-electron chi connectivity index (χ2n) is 7.34. The highest BCUT2D eigenvalue weighted by atomic mass is 32.1. The Bertz CT molecular complexity index is 939. The number of carbonyl (C=O) groups is 1. The van der Waals surface area contributed by atoms with Gasteiger partial charge in [0.05, 0.1) is 0 Å². The third kappa shape index (κ3) is 4.82. The molecule has 0 radical (unpaired) electrons. The molecule has 0 saturated carbocycles. The summed E-state index contributed by atoms with van der Waals surface area (Å²) in [5, 5.41) is 0.956. The van der Waals surface area contributed by atoms with Crippen LogP contribution in [0.3, 0.4) is 0 Å². The molecule has 1 aromatic heterocycles. The fraction of sp³-hybridized carbons (Fsp3) is 0.348. The van der Waals surface area contributed by atoms with Crippen molar-refractivity contribution in [2.24, 2.45) is 0 Å². The van der Waals surface area contributed by atoms with E-state index in [-0.39, 0.29) is 5.91 Å². The molecule has 2 heterocycles. The lowest BCUT2D eigenvalue weighted by Crippen LogP contribution is -2.35. The Morgan fingerprint density at radius 2 is 1.76 bits per heavy atom. The van der Waals surface area contributed by atoms with Crippen LogP contribution in [0.15, 0.2) is 54.6 Å². The van der Waals surface area contributed by atoms with Crippen LogP contribution in [0, 0.1) is 0 Å². The zero-order valence-corrected chi connectivity index (χ0v) is 17.6. The van der Waals surface area contributed by atoms with Crippen molar-refractivity contribution in [2.45, 2.75) is 26.2 Å². The molecule has 5 nitrogen and oxygen atoms in total. The van der Waals surface area contributed by atoms with Crippen LogP contribution < -0.4 is 4.90 Å². The van der Waals surface area contributed by atoms with Gasteiger partial charge in [0.25, 0.3) is 5.91 Å². The number of anilines is 1. The van der Waals surface area contributed by atoms with Gasteiger partial charge in [0.2, 0.25) is 5.13 Å². The van der Waals surface area contributed by atoms with Gasteiger partial charge in [-0.15, -0.1) is 0 Å². The molecule has 4 rings (SSSR count). The SMILES string of the molecule is CCc1ccc(C(=O)N2CCCN(c3nc(Cc4ccccc4)ns3)CC2)cc1. The number of benzene rings is 2. The minimum atomic E-state index is 0.122. The van der Waals surface area contributed by atoms with E-state index < -0.39 is 0 Å². The van der Waals surface area contributed by atoms with E-state index in [1.54, 1.807) is 0 Å². The first-order valence-electron chi connectivity index (χ1n) is 10.2. The molecule has 0 unspecified atom stereocenters. The highest BCUT2D eigenvalue weighted by molar-refractivity contribution is 7.09. The van der Waals surface area contributed by atoms with Crippen molar-refractivity contribution >= 4 is 22.6 Å². The van der Waals surface area contributed by atoms with Gasteiger partial charge in [0, 0.05) is 49.7 Å². The fourth-order valence-electron chi connectivity index (χ4n) is 3.60. The summed E-state index contributed by atoms with van der Waals surface area (Å²) in [7, 11) is 0. The Balaban J connectivity index is 1.38. The van der Waals surface area contributed by atoms with Gasteiger partial charge in [-0.05, 0) is 36.1 Å². The molecule has 1 amide bonds. The predicted octanol–water partition coefficient (Wildman–Crippen LogP) is 4.04. The smallest absolute Gasteiger partial charge is 0.253 e. The number of carbonyl (C=O) groups excluding carboxylic acids is 1. The Morgan fingerprint density at radius 3 is 2.52 bits per heavy atom. The van der Waals surface area contributed by atoms with E-state index in [1.165, 1.54) is 22.7 Å². The lowest BCUT2D eigenvalue weighted by atomic mass is 10.1. The fourth-order valence-corrected chi connectivity index (χ4v) is 4.34. The highest BCUT2D eigenvalue weighted by Gasteiger charge is 2.22. The molecule has 0 aliphatic carbocycles. The molecule has 3 aromatic rings. The van der Waals surface area contributed by atoms with E-state index in [0.717, 1.165) is 55.4 Å². The summed E-state index contributed by atoms with van der Waals surface area (Å²) in [5.41, 5.74) is 3.25. The second-order valence-corrected chi connectivity index (χ2v) is 8.07. The topological polar surface area (TPSA) is 49.3 Å². The van der Waals surface area contributed by atoms with Crippen LogP contribution in [0.25, 0.3) is 0 Å². The normalized spacial score (nSPS) is 14.7. The van der Waals surface area contributed by atoms with Gasteiger partial charge in [-0.25, -0.2) is 4.98 Å². The van der Waals surface area contributed by atoms with Gasteiger partial charge in [-0.3, -0.25) is 4.79 Å². The van der Waals surface area contributed by atoms with E-state index >= 15 is 0 Å². The molecule has 1 fully saturated rings. The molecule has 2 aromatic carbocycles. The van der Waals surface area contributed by atoms with Crippen molar-refractivity contribution in [1.29, 1.82) is 0 Å². The third-order valence-electron chi connectivity index (χ3n) is 5.33. The van der Waals surface area contributed by atoms with Crippen LogP contribution in [0.2, 0.25) is 0 Å². The summed E-state index contributed by atoms with van der Waals surface area (Å²) >= 11 is 1.46. The predicted molar refractivity (Wildman–Crippen MR) is 118 cm³/mol. The van der Waals surface area contributed by atoms with Crippen molar-refractivity contribution in [3.63, 3.8) is 0 Å². The molecule has 1 aliphatic heterocycles. The lowest BCUT2D eigenvalue weighted by Gasteiger charge is -2.21. The number of aryl methyl sites for hydroxylation is 1. The second kappa shape index (κ2) is 9.18. The average molecular weight is 407 g/mol. The maximum absolute atomic E-state index is 12.9. The first kappa shape index (κ1) is 19.6. The number of nitrogens with zero attached hydrogens (tertiary/aromatic N) is 4. The quantitative estimate of drug-likeness (QED) is 0.642. The van der Waals surface area contributed by atoms with E-state index in [4.69, 9.17) is 4.98 Å². The van der Waals surface area contributed by atoms with Crippen LogP contribution >= 0.6 is 11.5 Å². The zero-order valence-electron chi connectivity index (χ0n) is 16.8. The molecule has 6 heteroatoms. The summed E-state index contributed by atoms with van der Waals surface area (Å²) in [6.45, 7) is 5.30. The minimum absolute atomic E-state index is 0.122. The molecular formula is C23H26N4OS. The number of hydrogen-bond donors (Lipinski definition) is 0. The maximum atomic E-state index is 12.9. The summed E-state index contributed by atoms with van der Waals surface area (Å²) in [5.74, 6) is 0.987. The van der Waals surface area contributed by atoms with Crippen molar-refractivity contribution in [3.8, 4) is 0 Å². The van der Waals surface area contributed by atoms with Crippen molar-refractivity contribution in [2.75, 3.05) is 31.1 Å². The summed E-state index contributed by atoms with van der Waals surface area (Å²) in [6.07, 6.45) is 2.68. The van der Waals surface area contributed by atoms with Gasteiger partial charge < -0.3 is 9.80 Å². The Kier molecular flexibility index (Phi) is 6.20. The Labute approximate surface area is 176 Å². The van der Waals surface area contributed by atoms with E-state index in [9.17, 15) is 4.79 Å². The summed E-state index contributed by atoms with van der Waals surface area (Å²) in [6, 6.07) is 18.3. The van der Waals surface area contributed by atoms with Crippen LogP contribution in [-0.4, -0.2) is 46.3 Å². The van der Waals surface area contributed by atoms with Gasteiger partial charge in [-0.2, -0.15) is 4.37 Å². The van der Waals surface area contributed by atoms with Crippen molar-refractivity contribution < 1.29 is 4.79 Å². The molecule has 150 valence electrons. The molecule has 1 saturated heterocycles. The van der Waals surface area contributed by atoms with E-state index in [0.29, 0.717) is 6.54 Å². The van der Waals surface area contributed by atoms with Gasteiger partial charge in [0.15, 0.2) is 0 Å². The largest absolute Gasteiger partial charge is 0.345 e. The molecule has 0 bridgehead atoms. The minimum Gasteiger partial charge on any atom is -0.345 e. The van der Waals surface area contributed by atoms with E-state index in [2.05, 4.69) is 28.3 Å². The number of hydrogen-bond acceptors (Lipinski definition) is 5. The van der Waals surface area contributed by atoms with Crippen LogP contribution in [0.5, 0.6) is 0 Å². The Hall–Kier alpha value is -2.73. The molecular weight excluding hydrogens is 380 g/mol. The average Bonchev–Trinajstić information content (AvgIpc) is 3.09. The summed E-state index contributed by atoms with van der Waals surface area (Å²) in [4.78, 5) is 21.9. The lowest BCUT2D eigenvalue weighted by molar-refractivity contribution is 0.0767. The van der Waals surface area contributed by atoms with Crippen molar-refractivity contribution in [1.82, 2.24) is 14.3 Å². The first-order chi connectivity index (χ1) is 14.2. The molecule has 0 spiro atoms. The van der Waals surface area contributed by atoms with Gasteiger partial charge in [0.1, 0.15) is 5.82 Å². The first-order valence-corrected chi connectivity index (χ1v) is 11.0. The van der Waals surface area contributed by atoms with Crippen LogP contribution in [0.1, 0.15) is 40.7 Å². The number of aromatic nitrogens is 2. The standard InChI is InChI=1S/C23H26N4OS/c1-2-18-9-11-20(12-10-18)22(28)26-13-6-14-27(16-15-26)23-24-21(25-29-23)17-19-7-4-3-5-8-19/h3-5,7-12H,2,6,13-17H2,1H3. The van der Waals surface area contributed by atoms with Crippen LogP contribution in [-0.2, 0) is 12.8 Å². The molecule has 1 aliphatic rings. The number of amides is 1. The zero-order chi connectivity index (χ0) is 20.1. The monoisotopic (exact) mass is 406 g/mol. The Morgan fingerprint density at radius 1 is 0.966 bits per heavy atom. The molecule has 0 atom stereocenters. The number of rotatable bonds is 5. The van der Waals surface area contributed by atoms with E-state index in [1.807, 2.05) is 47.4 Å². The van der Waals surface area contributed by atoms with Crippen LogP contribution in [0.4, 0.5) is 5.13 Å². The van der Waals surface area contributed by atoms with Gasteiger partial charge in [-0.1, -0.05) is 49.4 Å². The molecule has 0 N–H and O–H groups in total. The highest BCUT2D eigenvalue weighted by Crippen LogP contribution is 2.21. The van der Waals surface area contributed by atoms with Crippen molar-refractivity contribution in [3.05, 3.63) is 77.1 Å². The third-order valence-corrected chi connectivity index (χ3v) is 6.14. The van der Waals surface area contributed by atoms with Gasteiger partial charge >= 0.3 is 0 Å². The molecule has 29 heavy (non-hydrogen) atoms. The maximum Gasteiger partial charge on any atom is 0.253 e. The summed E-state index contributed by atoms with van der Waals surface area (Å²) < 4.78 is 4.54.